The lowest BCUT2D eigenvalue weighted by Gasteiger charge is -2.26. The smallest absolute Gasteiger partial charge is 0.243 e. The molecule has 0 aliphatic carbocycles. The van der Waals surface area contributed by atoms with Crippen molar-refractivity contribution in [2.75, 3.05) is 32.1 Å². The van der Waals surface area contributed by atoms with Gasteiger partial charge in [-0.2, -0.15) is 4.31 Å². The number of ketones is 1. The van der Waals surface area contributed by atoms with Gasteiger partial charge in [0.05, 0.1) is 40.5 Å². The van der Waals surface area contributed by atoms with Crippen LogP contribution in [0.15, 0.2) is 52.5 Å². The van der Waals surface area contributed by atoms with E-state index in [1.165, 1.54) is 34.3 Å². The number of benzene rings is 2. The van der Waals surface area contributed by atoms with Crippen LogP contribution in [0.4, 0.5) is 4.39 Å². The summed E-state index contributed by atoms with van der Waals surface area (Å²) < 4.78 is 48.3. The molecule has 1 fully saturated rings. The van der Waals surface area contributed by atoms with Gasteiger partial charge < -0.3 is 9.30 Å². The van der Waals surface area contributed by atoms with Crippen molar-refractivity contribution < 1.29 is 22.3 Å². The van der Waals surface area contributed by atoms with Crippen molar-refractivity contribution in [1.29, 1.82) is 0 Å². The third-order valence-electron chi connectivity index (χ3n) is 5.12. The highest BCUT2D eigenvalue weighted by molar-refractivity contribution is 7.99. The Labute approximate surface area is 184 Å². The van der Waals surface area contributed by atoms with Crippen molar-refractivity contribution in [3.05, 3.63) is 53.8 Å². The quantitative estimate of drug-likeness (QED) is 0.395. The Morgan fingerprint density at radius 3 is 2.65 bits per heavy atom. The van der Waals surface area contributed by atoms with E-state index in [1.54, 1.807) is 24.3 Å². The molecule has 3 aromatic rings. The Bertz CT molecular complexity index is 1220. The summed E-state index contributed by atoms with van der Waals surface area (Å²) in [7, 11) is -3.63. The molecule has 0 N–H and O–H groups in total. The highest BCUT2D eigenvalue weighted by Crippen LogP contribution is 2.28. The molecule has 0 unspecified atom stereocenters. The number of morpholine rings is 1. The number of Topliss-reactive ketones (excluding diaryl/α,β-unsaturated/α-hetero) is 1. The second kappa shape index (κ2) is 9.07. The van der Waals surface area contributed by atoms with E-state index in [2.05, 4.69) is 4.98 Å². The fourth-order valence-corrected chi connectivity index (χ4v) is 5.89. The van der Waals surface area contributed by atoms with Crippen LogP contribution in [-0.4, -0.2) is 60.1 Å². The molecule has 7 nitrogen and oxygen atoms in total. The molecular formula is C21H22FN3O4S2. The molecule has 0 spiro atoms. The van der Waals surface area contributed by atoms with E-state index in [0.29, 0.717) is 43.5 Å². The van der Waals surface area contributed by atoms with Crippen LogP contribution >= 0.6 is 11.8 Å². The zero-order valence-corrected chi connectivity index (χ0v) is 18.6. The maximum atomic E-state index is 13.9. The van der Waals surface area contributed by atoms with Gasteiger partial charge in [0.25, 0.3) is 0 Å². The Morgan fingerprint density at radius 2 is 1.94 bits per heavy atom. The SMILES string of the molecule is CCn1c(SCC(=O)c2ccccc2F)nc2cc(S(=O)(=O)N3CCOCC3)ccc21. The number of imidazole rings is 1. The van der Waals surface area contributed by atoms with Crippen molar-refractivity contribution in [2.45, 2.75) is 23.5 Å². The molecule has 0 atom stereocenters. The molecule has 31 heavy (non-hydrogen) atoms. The topological polar surface area (TPSA) is 81.5 Å². The summed E-state index contributed by atoms with van der Waals surface area (Å²) in [4.78, 5) is 17.2. The molecule has 0 saturated carbocycles. The van der Waals surface area contributed by atoms with Gasteiger partial charge in [-0.1, -0.05) is 23.9 Å². The molecule has 0 radical (unpaired) electrons. The average Bonchev–Trinajstić information content (AvgIpc) is 3.15. The van der Waals surface area contributed by atoms with Crippen molar-refractivity contribution in [3.8, 4) is 0 Å². The number of rotatable bonds is 7. The molecular weight excluding hydrogens is 441 g/mol. The number of halogens is 1. The summed E-state index contributed by atoms with van der Waals surface area (Å²) in [5.41, 5.74) is 1.37. The molecule has 0 bridgehead atoms. The number of ether oxygens (including phenoxy) is 1. The first kappa shape index (κ1) is 21.9. The predicted octanol–water partition coefficient (Wildman–Crippen LogP) is 3.19. The molecule has 0 amide bonds. The average molecular weight is 464 g/mol. The monoisotopic (exact) mass is 463 g/mol. The molecule has 1 aliphatic rings. The van der Waals surface area contributed by atoms with E-state index >= 15 is 0 Å². The highest BCUT2D eigenvalue weighted by Gasteiger charge is 2.27. The lowest BCUT2D eigenvalue weighted by atomic mass is 10.1. The number of aryl methyl sites for hydroxylation is 1. The zero-order valence-electron chi connectivity index (χ0n) is 17.0. The summed E-state index contributed by atoms with van der Waals surface area (Å²) in [6.45, 7) is 3.95. The number of carbonyl (C=O) groups excluding carboxylic acids is 1. The summed E-state index contributed by atoms with van der Waals surface area (Å²) in [5.74, 6) is -0.841. The third kappa shape index (κ3) is 4.38. The zero-order chi connectivity index (χ0) is 22.0. The maximum Gasteiger partial charge on any atom is 0.243 e. The van der Waals surface area contributed by atoms with Crippen LogP contribution in [0.1, 0.15) is 17.3 Å². The molecule has 4 rings (SSSR count). The van der Waals surface area contributed by atoms with Crippen LogP contribution < -0.4 is 0 Å². The van der Waals surface area contributed by atoms with Gasteiger partial charge in [-0.15, -0.1) is 0 Å². The van der Waals surface area contributed by atoms with Crippen LogP contribution in [0.5, 0.6) is 0 Å². The van der Waals surface area contributed by atoms with Crippen LogP contribution in [0.2, 0.25) is 0 Å². The number of thioether (sulfide) groups is 1. The second-order valence-electron chi connectivity index (χ2n) is 7.00. The van der Waals surface area contributed by atoms with E-state index < -0.39 is 15.8 Å². The van der Waals surface area contributed by atoms with Crippen LogP contribution in [0.25, 0.3) is 11.0 Å². The van der Waals surface area contributed by atoms with Crippen molar-refractivity contribution >= 4 is 38.6 Å². The van der Waals surface area contributed by atoms with E-state index in [1.807, 2.05) is 11.5 Å². The number of nitrogens with zero attached hydrogens (tertiary/aromatic N) is 3. The number of aromatic nitrogens is 2. The van der Waals surface area contributed by atoms with E-state index in [0.717, 1.165) is 5.52 Å². The number of hydrogen-bond donors (Lipinski definition) is 0. The van der Waals surface area contributed by atoms with Gasteiger partial charge in [0.2, 0.25) is 10.0 Å². The van der Waals surface area contributed by atoms with Crippen LogP contribution in [0, 0.1) is 5.82 Å². The maximum absolute atomic E-state index is 13.9. The van der Waals surface area contributed by atoms with Gasteiger partial charge >= 0.3 is 0 Å². The Hall–Kier alpha value is -2.27. The van der Waals surface area contributed by atoms with Crippen molar-refractivity contribution in [2.24, 2.45) is 0 Å². The van der Waals surface area contributed by atoms with Gasteiger partial charge in [0.1, 0.15) is 5.82 Å². The normalized spacial score (nSPS) is 15.4. The summed E-state index contributed by atoms with van der Waals surface area (Å²) in [6.07, 6.45) is 0. The Morgan fingerprint density at radius 1 is 1.19 bits per heavy atom. The Balaban J connectivity index is 1.60. The summed E-state index contributed by atoms with van der Waals surface area (Å²) in [5, 5.41) is 0.586. The molecule has 2 aromatic carbocycles. The molecule has 1 aromatic heterocycles. The fraction of sp³-hybridized carbons (Fsp3) is 0.333. The molecule has 2 heterocycles. The van der Waals surface area contributed by atoms with Crippen molar-refractivity contribution in [3.63, 3.8) is 0 Å². The van der Waals surface area contributed by atoms with E-state index in [9.17, 15) is 17.6 Å². The molecule has 164 valence electrons. The highest BCUT2D eigenvalue weighted by atomic mass is 32.2. The molecule has 1 saturated heterocycles. The minimum absolute atomic E-state index is 0.0309. The number of fused-ring (bicyclic) bond motifs is 1. The number of sulfonamides is 1. The van der Waals surface area contributed by atoms with Gasteiger partial charge in [-0.05, 0) is 37.3 Å². The van der Waals surface area contributed by atoms with Gasteiger partial charge in [-0.25, -0.2) is 17.8 Å². The first-order valence-corrected chi connectivity index (χ1v) is 12.3. The Kier molecular flexibility index (Phi) is 6.42. The van der Waals surface area contributed by atoms with Gasteiger partial charge in [0.15, 0.2) is 10.9 Å². The lowest BCUT2D eigenvalue weighted by molar-refractivity contribution is 0.0730. The molecule has 1 aliphatic heterocycles. The second-order valence-corrected chi connectivity index (χ2v) is 9.88. The van der Waals surface area contributed by atoms with Crippen LogP contribution in [0.3, 0.4) is 0 Å². The van der Waals surface area contributed by atoms with Crippen LogP contribution in [-0.2, 0) is 21.3 Å². The number of carbonyl (C=O) groups is 1. The largest absolute Gasteiger partial charge is 0.379 e. The third-order valence-corrected chi connectivity index (χ3v) is 7.99. The first-order valence-electron chi connectivity index (χ1n) is 9.90. The van der Waals surface area contributed by atoms with Crippen molar-refractivity contribution in [1.82, 2.24) is 13.9 Å². The predicted molar refractivity (Wildman–Crippen MR) is 116 cm³/mol. The number of hydrogen-bond acceptors (Lipinski definition) is 6. The fourth-order valence-electron chi connectivity index (χ4n) is 3.49. The van der Waals surface area contributed by atoms with E-state index in [-0.39, 0.29) is 22.0 Å². The minimum Gasteiger partial charge on any atom is -0.379 e. The standard InChI is InChI=1S/C21H22FN3O4S2/c1-2-25-19-8-7-15(31(27,28)24-9-11-29-12-10-24)13-18(19)23-21(25)30-14-20(26)16-5-3-4-6-17(16)22/h3-8,13H,2,9-12,14H2,1H3. The minimum atomic E-state index is -3.63. The van der Waals surface area contributed by atoms with E-state index in [4.69, 9.17) is 4.74 Å². The first-order chi connectivity index (χ1) is 14.9. The summed E-state index contributed by atoms with van der Waals surface area (Å²) in [6, 6.07) is 10.8. The molecule has 10 heteroatoms. The lowest BCUT2D eigenvalue weighted by Crippen LogP contribution is -2.40. The van der Waals surface area contributed by atoms with Gasteiger partial charge in [-0.3, -0.25) is 4.79 Å². The summed E-state index contributed by atoms with van der Waals surface area (Å²) >= 11 is 1.21. The van der Waals surface area contributed by atoms with Gasteiger partial charge in [0, 0.05) is 19.6 Å².